The van der Waals surface area contributed by atoms with Crippen LogP contribution in [0.25, 0.3) is 27.8 Å². The minimum atomic E-state index is -0.893. The Hall–Kier alpha value is -3.67. The summed E-state index contributed by atoms with van der Waals surface area (Å²) in [5, 5.41) is 5.66. The molecular formula is C22H14F2N4. The van der Waals surface area contributed by atoms with Gasteiger partial charge in [0.25, 0.3) is 0 Å². The van der Waals surface area contributed by atoms with Crippen LogP contribution >= 0.6 is 0 Å². The highest BCUT2D eigenvalue weighted by atomic mass is 19.2. The van der Waals surface area contributed by atoms with Crippen LogP contribution in [0.15, 0.2) is 73.1 Å². The number of imidazole rings is 1. The maximum atomic E-state index is 13.6. The van der Waals surface area contributed by atoms with Crippen LogP contribution < -0.4 is 0 Å². The highest BCUT2D eigenvalue weighted by Crippen LogP contribution is 2.22. The Balaban J connectivity index is 1.54. The fourth-order valence-corrected chi connectivity index (χ4v) is 3.29. The molecule has 0 bridgehead atoms. The highest BCUT2D eigenvalue weighted by molar-refractivity contribution is 5.79. The lowest BCUT2D eigenvalue weighted by molar-refractivity contribution is 0.509. The van der Waals surface area contributed by atoms with Crippen molar-refractivity contribution in [2.24, 2.45) is 0 Å². The van der Waals surface area contributed by atoms with Crippen LogP contribution in [0.2, 0.25) is 0 Å². The summed E-state index contributed by atoms with van der Waals surface area (Å²) in [5.41, 5.74) is 4.72. The molecule has 0 unspecified atom stereocenters. The van der Waals surface area contributed by atoms with Crippen LogP contribution in [-0.4, -0.2) is 19.6 Å². The van der Waals surface area contributed by atoms with Gasteiger partial charge in [0.15, 0.2) is 17.3 Å². The molecule has 2 aromatic carbocycles. The van der Waals surface area contributed by atoms with Crippen molar-refractivity contribution in [2.75, 3.05) is 0 Å². The zero-order chi connectivity index (χ0) is 19.1. The summed E-state index contributed by atoms with van der Waals surface area (Å²) in [6.45, 7) is 0. The predicted octanol–water partition coefficient (Wildman–Crippen LogP) is 4.81. The molecule has 0 aliphatic rings. The fraction of sp³-hybridized carbons (Fsp3) is 0.0455. The fourth-order valence-electron chi connectivity index (χ4n) is 3.29. The summed E-state index contributed by atoms with van der Waals surface area (Å²) < 4.78 is 28.5. The Morgan fingerprint density at radius 2 is 1.79 bits per heavy atom. The van der Waals surface area contributed by atoms with E-state index in [4.69, 9.17) is 0 Å². The normalized spacial score (nSPS) is 11.4. The van der Waals surface area contributed by atoms with E-state index in [0.29, 0.717) is 23.3 Å². The van der Waals surface area contributed by atoms with Gasteiger partial charge in [-0.15, -0.1) is 0 Å². The molecule has 0 saturated carbocycles. The van der Waals surface area contributed by atoms with Crippen molar-refractivity contribution < 1.29 is 8.78 Å². The topological polar surface area (TPSA) is 43.1 Å². The quantitative estimate of drug-likeness (QED) is 0.456. The summed E-state index contributed by atoms with van der Waals surface area (Å²) in [6.07, 6.45) is 4.20. The molecule has 0 aliphatic carbocycles. The standard InChI is InChI=1S/C22H14F2N4/c23-18-5-4-16(12-19(18)24)21-7-8-22-26-13-17(28(22)27-21)11-14-3-6-20-15(10-14)2-1-9-25-20/h1-10,12-13H,11H2. The zero-order valence-corrected chi connectivity index (χ0v) is 14.7. The van der Waals surface area contributed by atoms with Gasteiger partial charge in [-0.25, -0.2) is 18.3 Å². The van der Waals surface area contributed by atoms with E-state index in [1.807, 2.05) is 30.3 Å². The molecule has 3 heterocycles. The van der Waals surface area contributed by atoms with E-state index in [1.54, 1.807) is 23.0 Å². The van der Waals surface area contributed by atoms with E-state index < -0.39 is 11.6 Å². The first kappa shape index (κ1) is 16.5. The molecule has 0 radical (unpaired) electrons. The van der Waals surface area contributed by atoms with Gasteiger partial charge in [0.2, 0.25) is 0 Å². The van der Waals surface area contributed by atoms with Gasteiger partial charge in [-0.1, -0.05) is 12.1 Å². The Bertz CT molecular complexity index is 1330. The molecule has 3 aromatic heterocycles. The van der Waals surface area contributed by atoms with Gasteiger partial charge in [-0.3, -0.25) is 4.98 Å². The Labute approximate surface area is 159 Å². The van der Waals surface area contributed by atoms with Gasteiger partial charge in [-0.05, 0) is 54.1 Å². The molecule has 0 spiro atoms. The molecule has 0 N–H and O–H groups in total. The third-order valence-electron chi connectivity index (χ3n) is 4.70. The number of hydrogen-bond acceptors (Lipinski definition) is 3. The first-order valence-electron chi connectivity index (χ1n) is 8.80. The van der Waals surface area contributed by atoms with Crippen molar-refractivity contribution in [2.45, 2.75) is 6.42 Å². The van der Waals surface area contributed by atoms with Crippen molar-refractivity contribution in [3.63, 3.8) is 0 Å². The molecule has 5 aromatic rings. The van der Waals surface area contributed by atoms with Crippen LogP contribution in [0, 0.1) is 11.6 Å². The smallest absolute Gasteiger partial charge is 0.159 e. The van der Waals surface area contributed by atoms with Crippen LogP contribution in [0.5, 0.6) is 0 Å². The first-order chi connectivity index (χ1) is 13.7. The van der Waals surface area contributed by atoms with Crippen molar-refractivity contribution in [3.05, 3.63) is 95.9 Å². The average molecular weight is 372 g/mol. The van der Waals surface area contributed by atoms with Gasteiger partial charge in [-0.2, -0.15) is 5.10 Å². The summed E-state index contributed by atoms with van der Waals surface area (Å²) >= 11 is 0. The molecule has 0 amide bonds. The second kappa shape index (κ2) is 6.49. The van der Waals surface area contributed by atoms with Gasteiger partial charge < -0.3 is 0 Å². The van der Waals surface area contributed by atoms with E-state index in [9.17, 15) is 8.78 Å². The molecule has 6 heteroatoms. The van der Waals surface area contributed by atoms with E-state index >= 15 is 0 Å². The average Bonchev–Trinajstić information content (AvgIpc) is 3.12. The largest absolute Gasteiger partial charge is 0.256 e. The molecule has 5 rings (SSSR count). The van der Waals surface area contributed by atoms with Gasteiger partial charge >= 0.3 is 0 Å². The number of benzene rings is 2. The summed E-state index contributed by atoms with van der Waals surface area (Å²) in [6, 6.07) is 17.4. The molecule has 0 fully saturated rings. The molecule has 0 aliphatic heterocycles. The van der Waals surface area contributed by atoms with E-state index in [0.717, 1.165) is 34.3 Å². The molecule has 136 valence electrons. The van der Waals surface area contributed by atoms with Crippen LogP contribution in [-0.2, 0) is 6.42 Å². The third kappa shape index (κ3) is 2.89. The minimum absolute atomic E-state index is 0.511. The Morgan fingerprint density at radius 3 is 2.68 bits per heavy atom. The maximum Gasteiger partial charge on any atom is 0.159 e. The van der Waals surface area contributed by atoms with Crippen LogP contribution in [0.3, 0.4) is 0 Å². The molecule has 28 heavy (non-hydrogen) atoms. The van der Waals surface area contributed by atoms with Gasteiger partial charge in [0, 0.05) is 23.6 Å². The van der Waals surface area contributed by atoms with E-state index in [1.165, 1.54) is 6.07 Å². The minimum Gasteiger partial charge on any atom is -0.256 e. The molecule has 0 saturated heterocycles. The SMILES string of the molecule is Fc1ccc(-c2ccc3ncc(Cc4ccc5ncccc5c4)n3n2)cc1F. The van der Waals surface area contributed by atoms with Crippen LogP contribution in [0.1, 0.15) is 11.3 Å². The second-order valence-electron chi connectivity index (χ2n) is 6.57. The zero-order valence-electron chi connectivity index (χ0n) is 14.7. The first-order valence-corrected chi connectivity index (χ1v) is 8.80. The number of aromatic nitrogens is 4. The summed E-state index contributed by atoms with van der Waals surface area (Å²) in [7, 11) is 0. The van der Waals surface area contributed by atoms with Gasteiger partial charge in [0.05, 0.1) is 23.1 Å². The number of hydrogen-bond donors (Lipinski definition) is 0. The van der Waals surface area contributed by atoms with E-state index in [2.05, 4.69) is 21.1 Å². The van der Waals surface area contributed by atoms with Crippen molar-refractivity contribution in [3.8, 4) is 11.3 Å². The monoisotopic (exact) mass is 372 g/mol. The summed E-state index contributed by atoms with van der Waals surface area (Å²) in [5.74, 6) is -1.77. The van der Waals surface area contributed by atoms with Crippen molar-refractivity contribution in [1.29, 1.82) is 0 Å². The molecule has 4 nitrogen and oxygen atoms in total. The van der Waals surface area contributed by atoms with Crippen LogP contribution in [0.4, 0.5) is 8.78 Å². The lowest BCUT2D eigenvalue weighted by Crippen LogP contribution is -2.00. The van der Waals surface area contributed by atoms with E-state index in [-0.39, 0.29) is 0 Å². The summed E-state index contributed by atoms with van der Waals surface area (Å²) in [4.78, 5) is 8.74. The number of halogens is 2. The van der Waals surface area contributed by atoms with Crippen molar-refractivity contribution >= 4 is 16.6 Å². The highest BCUT2D eigenvalue weighted by Gasteiger charge is 2.10. The Morgan fingerprint density at radius 1 is 0.857 bits per heavy atom. The van der Waals surface area contributed by atoms with Gasteiger partial charge in [0.1, 0.15) is 0 Å². The molecular weight excluding hydrogens is 358 g/mol. The number of pyridine rings is 1. The predicted molar refractivity (Wildman–Crippen MR) is 103 cm³/mol. The third-order valence-corrected chi connectivity index (χ3v) is 4.70. The Kier molecular flexibility index (Phi) is 3.83. The lowest BCUT2D eigenvalue weighted by atomic mass is 10.1. The second-order valence-corrected chi connectivity index (χ2v) is 6.57. The maximum absolute atomic E-state index is 13.6. The lowest BCUT2D eigenvalue weighted by Gasteiger charge is -2.06. The van der Waals surface area contributed by atoms with Crippen molar-refractivity contribution in [1.82, 2.24) is 19.6 Å². The number of rotatable bonds is 3. The molecule has 0 atom stereocenters. The number of nitrogens with zero attached hydrogens (tertiary/aromatic N) is 4. The number of fused-ring (bicyclic) bond motifs is 2.